The molecule has 0 saturated carbocycles. The summed E-state index contributed by atoms with van der Waals surface area (Å²) in [5.41, 5.74) is 3.51. The first-order chi connectivity index (χ1) is 11.1. The van der Waals surface area contributed by atoms with Gasteiger partial charge in [0.25, 0.3) is 0 Å². The van der Waals surface area contributed by atoms with E-state index in [1.54, 1.807) is 0 Å². The highest BCUT2D eigenvalue weighted by atomic mass is 16.3. The fourth-order valence-electron chi connectivity index (χ4n) is 3.69. The molecule has 2 aromatic heterocycles. The molecule has 0 aliphatic carbocycles. The van der Waals surface area contributed by atoms with E-state index in [0.717, 1.165) is 24.2 Å². The first-order valence-electron chi connectivity index (χ1n) is 8.38. The molecule has 1 atom stereocenters. The van der Waals surface area contributed by atoms with Crippen LogP contribution in [0.5, 0.6) is 0 Å². The zero-order valence-electron chi connectivity index (χ0n) is 13.7. The second-order valence-electron chi connectivity index (χ2n) is 7.03. The van der Waals surface area contributed by atoms with Crippen molar-refractivity contribution in [2.24, 2.45) is 0 Å². The van der Waals surface area contributed by atoms with Crippen LogP contribution in [0.25, 0.3) is 21.9 Å². The van der Waals surface area contributed by atoms with E-state index in [1.807, 2.05) is 32.2 Å². The second kappa shape index (κ2) is 5.32. The Morgan fingerprint density at radius 1 is 1.26 bits per heavy atom. The Balaban J connectivity index is 2.02. The molecular weight excluding hydrogens is 286 g/mol. The third-order valence-electron chi connectivity index (χ3n) is 4.90. The molecule has 0 bridgehead atoms. The topological polar surface area (TPSA) is 50.1 Å². The number of hydrogen-bond acceptors (Lipinski definition) is 3. The van der Waals surface area contributed by atoms with Gasteiger partial charge in [-0.25, -0.2) is 0 Å². The van der Waals surface area contributed by atoms with Crippen molar-refractivity contribution in [2.45, 2.75) is 38.3 Å². The molecule has 23 heavy (non-hydrogen) atoms. The fraction of sp³-hybridized carbons (Fsp3) is 0.421. The van der Waals surface area contributed by atoms with Crippen LogP contribution in [-0.4, -0.2) is 27.7 Å². The zero-order valence-corrected chi connectivity index (χ0v) is 13.7. The molecule has 4 heteroatoms. The van der Waals surface area contributed by atoms with Crippen molar-refractivity contribution < 1.29 is 5.11 Å². The van der Waals surface area contributed by atoms with Gasteiger partial charge in [0.05, 0.1) is 22.2 Å². The van der Waals surface area contributed by atoms with Gasteiger partial charge >= 0.3 is 0 Å². The Hall–Kier alpha value is -1.91. The zero-order chi connectivity index (χ0) is 16.0. The van der Waals surface area contributed by atoms with E-state index in [9.17, 15) is 5.11 Å². The van der Waals surface area contributed by atoms with Gasteiger partial charge < -0.3 is 15.0 Å². The average Bonchev–Trinajstić information content (AvgIpc) is 2.88. The molecule has 3 aromatic rings. The normalized spacial score (nSPS) is 19.5. The van der Waals surface area contributed by atoms with Gasteiger partial charge in [0.15, 0.2) is 0 Å². The van der Waals surface area contributed by atoms with Crippen LogP contribution in [0, 0.1) is 0 Å². The molecule has 3 heterocycles. The lowest BCUT2D eigenvalue weighted by Crippen LogP contribution is -2.31. The summed E-state index contributed by atoms with van der Waals surface area (Å²) in [4.78, 5) is 4.61. The monoisotopic (exact) mass is 309 g/mol. The third kappa shape index (κ3) is 2.42. The Labute approximate surface area is 136 Å². The molecular formula is C19H23N3O. The van der Waals surface area contributed by atoms with Crippen LogP contribution in [0.15, 0.2) is 36.5 Å². The summed E-state index contributed by atoms with van der Waals surface area (Å²) in [6.45, 7) is 5.75. The summed E-state index contributed by atoms with van der Waals surface area (Å²) >= 11 is 0. The van der Waals surface area contributed by atoms with Gasteiger partial charge in [0.2, 0.25) is 0 Å². The molecule has 4 rings (SSSR count). The number of nitrogens with zero attached hydrogens (tertiary/aromatic N) is 2. The standard InChI is InChI=1S/C19H23N3O/c1-19(2,23)13-7-8-15-17(11-13)22(14-5-3-9-20-12-14)16-6-4-10-21-18(15)16/h4,6-8,10-11,14,20,23H,3,5,9,12H2,1-2H3. The lowest BCUT2D eigenvalue weighted by Gasteiger charge is -2.26. The summed E-state index contributed by atoms with van der Waals surface area (Å²) < 4.78 is 2.42. The maximum atomic E-state index is 10.4. The third-order valence-corrected chi connectivity index (χ3v) is 4.90. The number of nitrogens with one attached hydrogen (secondary N) is 1. The largest absolute Gasteiger partial charge is 0.386 e. The highest BCUT2D eigenvalue weighted by Crippen LogP contribution is 2.34. The number of fused-ring (bicyclic) bond motifs is 3. The summed E-state index contributed by atoms with van der Waals surface area (Å²) in [6.07, 6.45) is 4.22. The number of hydrogen-bond donors (Lipinski definition) is 2. The van der Waals surface area contributed by atoms with Crippen molar-refractivity contribution in [3.63, 3.8) is 0 Å². The molecule has 1 unspecified atom stereocenters. The number of piperidine rings is 1. The predicted octanol–water partition coefficient (Wildman–Crippen LogP) is 3.34. The van der Waals surface area contributed by atoms with Crippen LogP contribution < -0.4 is 5.32 Å². The smallest absolute Gasteiger partial charge is 0.0959 e. The summed E-state index contributed by atoms with van der Waals surface area (Å²) in [5.74, 6) is 0. The fourth-order valence-corrected chi connectivity index (χ4v) is 3.69. The maximum Gasteiger partial charge on any atom is 0.0959 e. The van der Waals surface area contributed by atoms with Gasteiger partial charge in [-0.3, -0.25) is 4.98 Å². The minimum absolute atomic E-state index is 0.435. The van der Waals surface area contributed by atoms with Gasteiger partial charge in [-0.1, -0.05) is 12.1 Å². The van der Waals surface area contributed by atoms with Crippen LogP contribution in [0.4, 0.5) is 0 Å². The molecule has 0 amide bonds. The molecule has 1 fully saturated rings. The molecule has 120 valence electrons. The van der Waals surface area contributed by atoms with E-state index in [-0.39, 0.29) is 0 Å². The Bertz CT molecular complexity index is 854. The predicted molar refractivity (Wildman–Crippen MR) is 93.6 cm³/mol. The molecule has 0 spiro atoms. The van der Waals surface area contributed by atoms with Crippen LogP contribution in [-0.2, 0) is 5.60 Å². The van der Waals surface area contributed by atoms with Gasteiger partial charge in [0.1, 0.15) is 0 Å². The van der Waals surface area contributed by atoms with Gasteiger partial charge in [0, 0.05) is 24.2 Å². The van der Waals surface area contributed by atoms with E-state index in [2.05, 4.69) is 33.1 Å². The first kappa shape index (κ1) is 14.7. The molecule has 2 N–H and O–H groups in total. The highest BCUT2D eigenvalue weighted by Gasteiger charge is 2.23. The van der Waals surface area contributed by atoms with Crippen LogP contribution >= 0.6 is 0 Å². The van der Waals surface area contributed by atoms with Crippen LogP contribution in [0.3, 0.4) is 0 Å². The number of pyridine rings is 1. The molecule has 1 aliphatic heterocycles. The molecule has 1 aromatic carbocycles. The average molecular weight is 309 g/mol. The lowest BCUT2D eigenvalue weighted by molar-refractivity contribution is 0.0787. The van der Waals surface area contributed by atoms with Crippen LogP contribution in [0.2, 0.25) is 0 Å². The second-order valence-corrected chi connectivity index (χ2v) is 7.03. The minimum Gasteiger partial charge on any atom is -0.386 e. The van der Waals surface area contributed by atoms with Crippen molar-refractivity contribution in [3.8, 4) is 0 Å². The van der Waals surface area contributed by atoms with Crippen molar-refractivity contribution in [3.05, 3.63) is 42.1 Å². The number of aromatic nitrogens is 2. The lowest BCUT2D eigenvalue weighted by atomic mass is 9.97. The number of benzene rings is 1. The number of rotatable bonds is 2. The minimum atomic E-state index is -0.840. The quantitative estimate of drug-likeness (QED) is 0.763. The highest BCUT2D eigenvalue weighted by molar-refractivity contribution is 6.06. The summed E-state index contributed by atoms with van der Waals surface area (Å²) in [7, 11) is 0. The van der Waals surface area contributed by atoms with Gasteiger partial charge in [-0.15, -0.1) is 0 Å². The van der Waals surface area contributed by atoms with Gasteiger partial charge in [-0.2, -0.15) is 0 Å². The number of aliphatic hydroxyl groups is 1. The van der Waals surface area contributed by atoms with Crippen molar-refractivity contribution in [1.29, 1.82) is 0 Å². The Morgan fingerprint density at radius 3 is 2.87 bits per heavy atom. The molecule has 4 nitrogen and oxygen atoms in total. The SMILES string of the molecule is CC(C)(O)c1ccc2c3ncccc3n(C3CCCNC3)c2c1. The summed E-state index contributed by atoms with van der Waals surface area (Å²) in [5, 5.41) is 15.1. The first-order valence-corrected chi connectivity index (χ1v) is 8.38. The van der Waals surface area contributed by atoms with Gasteiger partial charge in [-0.05, 0) is 57.0 Å². The summed E-state index contributed by atoms with van der Waals surface area (Å²) in [6, 6.07) is 10.8. The maximum absolute atomic E-state index is 10.4. The van der Waals surface area contributed by atoms with E-state index < -0.39 is 5.60 Å². The van der Waals surface area contributed by atoms with E-state index in [0.29, 0.717) is 6.04 Å². The van der Waals surface area contributed by atoms with E-state index in [1.165, 1.54) is 29.3 Å². The van der Waals surface area contributed by atoms with E-state index >= 15 is 0 Å². The van der Waals surface area contributed by atoms with Crippen molar-refractivity contribution in [1.82, 2.24) is 14.9 Å². The molecule has 1 saturated heterocycles. The van der Waals surface area contributed by atoms with Crippen molar-refractivity contribution >= 4 is 21.9 Å². The van der Waals surface area contributed by atoms with Crippen LogP contribution in [0.1, 0.15) is 38.3 Å². The molecule has 0 radical (unpaired) electrons. The Kier molecular flexibility index (Phi) is 3.39. The Morgan fingerprint density at radius 2 is 2.13 bits per heavy atom. The van der Waals surface area contributed by atoms with E-state index in [4.69, 9.17) is 0 Å². The van der Waals surface area contributed by atoms with Crippen molar-refractivity contribution in [2.75, 3.05) is 13.1 Å². The molecule has 1 aliphatic rings.